The van der Waals surface area contributed by atoms with E-state index in [1.54, 1.807) is 6.07 Å². The fraction of sp³-hybridized carbons (Fsp3) is 0.133. The van der Waals surface area contributed by atoms with Gasteiger partial charge in [-0.2, -0.15) is 0 Å². The number of nitrogens with two attached hydrogens (primary N) is 1. The van der Waals surface area contributed by atoms with Crippen molar-refractivity contribution >= 4 is 17.3 Å². The van der Waals surface area contributed by atoms with Crippen LogP contribution in [0.2, 0.25) is 0 Å². The van der Waals surface area contributed by atoms with Crippen molar-refractivity contribution in [1.82, 2.24) is 0 Å². The molecule has 4 N–H and O–H groups in total. The normalized spacial score (nSPS) is 10.2. The van der Waals surface area contributed by atoms with Crippen molar-refractivity contribution in [2.45, 2.75) is 13.3 Å². The summed E-state index contributed by atoms with van der Waals surface area (Å²) in [4.78, 5) is 11.9. The average molecular weight is 256 g/mol. The number of amides is 1. The van der Waals surface area contributed by atoms with Gasteiger partial charge in [0.15, 0.2) is 0 Å². The summed E-state index contributed by atoms with van der Waals surface area (Å²) in [5.41, 5.74) is 8.67. The highest BCUT2D eigenvalue weighted by Crippen LogP contribution is 2.23. The molecule has 0 bridgehead atoms. The number of hydrogen-bond donors (Lipinski definition) is 3. The Morgan fingerprint density at radius 1 is 1.21 bits per heavy atom. The van der Waals surface area contributed by atoms with Gasteiger partial charge in [0.1, 0.15) is 5.75 Å². The predicted molar refractivity (Wildman–Crippen MR) is 76.0 cm³/mol. The van der Waals surface area contributed by atoms with Gasteiger partial charge >= 0.3 is 0 Å². The molecule has 0 fully saturated rings. The van der Waals surface area contributed by atoms with Crippen molar-refractivity contribution in [3.05, 3.63) is 53.6 Å². The highest BCUT2D eigenvalue weighted by Gasteiger charge is 2.06. The second-order valence-electron chi connectivity index (χ2n) is 4.48. The Labute approximate surface area is 111 Å². The summed E-state index contributed by atoms with van der Waals surface area (Å²) in [6.45, 7) is 2.00. The fourth-order valence-electron chi connectivity index (χ4n) is 1.75. The summed E-state index contributed by atoms with van der Waals surface area (Å²) in [7, 11) is 0. The third kappa shape index (κ3) is 3.48. The molecular formula is C15H16N2O2. The minimum absolute atomic E-state index is 0.0778. The Kier molecular flexibility index (Phi) is 3.71. The number of phenolic OH excluding ortho intramolecular Hbond substituents is 1. The van der Waals surface area contributed by atoms with Crippen molar-refractivity contribution < 1.29 is 9.90 Å². The van der Waals surface area contributed by atoms with Crippen molar-refractivity contribution in [2.24, 2.45) is 0 Å². The third-order valence-electron chi connectivity index (χ3n) is 2.79. The molecule has 0 aliphatic carbocycles. The number of carbonyl (C=O) groups excluding carboxylic acids is 1. The van der Waals surface area contributed by atoms with Crippen molar-refractivity contribution in [1.29, 1.82) is 0 Å². The summed E-state index contributed by atoms with van der Waals surface area (Å²) >= 11 is 0. The highest BCUT2D eigenvalue weighted by atomic mass is 16.3. The summed E-state index contributed by atoms with van der Waals surface area (Å²) in [5.74, 6) is -0.0599. The molecule has 0 aliphatic heterocycles. The molecule has 0 unspecified atom stereocenters. The minimum Gasteiger partial charge on any atom is -0.508 e. The van der Waals surface area contributed by atoms with Crippen LogP contribution in [0.5, 0.6) is 5.75 Å². The molecule has 0 heterocycles. The number of anilines is 2. The maximum absolute atomic E-state index is 11.9. The summed E-state index contributed by atoms with van der Waals surface area (Å²) in [5, 5.41) is 12.0. The van der Waals surface area contributed by atoms with E-state index in [0.29, 0.717) is 17.8 Å². The van der Waals surface area contributed by atoms with Crippen LogP contribution in [0, 0.1) is 6.92 Å². The maximum atomic E-state index is 11.9. The first kappa shape index (κ1) is 13.0. The molecule has 0 spiro atoms. The van der Waals surface area contributed by atoms with Crippen molar-refractivity contribution in [3.8, 4) is 5.75 Å². The van der Waals surface area contributed by atoms with Gasteiger partial charge in [-0.05, 0) is 24.6 Å². The fourth-order valence-corrected chi connectivity index (χ4v) is 1.75. The Balaban J connectivity index is 2.03. The Morgan fingerprint density at radius 3 is 2.53 bits per heavy atom. The number of carbonyl (C=O) groups is 1. The summed E-state index contributed by atoms with van der Waals surface area (Å²) in [6.07, 6.45) is 0.292. The van der Waals surface area contributed by atoms with E-state index in [4.69, 9.17) is 5.73 Å². The number of benzene rings is 2. The summed E-state index contributed by atoms with van der Waals surface area (Å²) in [6, 6.07) is 12.3. The molecule has 0 aliphatic rings. The molecule has 98 valence electrons. The Hall–Kier alpha value is -2.49. The van der Waals surface area contributed by atoms with Gasteiger partial charge in [-0.3, -0.25) is 4.79 Å². The number of hydrogen-bond acceptors (Lipinski definition) is 3. The standard InChI is InChI=1S/C15H16N2O2/c1-10-2-4-11(5-3-10)8-15(19)17-14-7-6-12(18)9-13(14)16/h2-7,9,18H,8,16H2,1H3,(H,17,19). The zero-order chi connectivity index (χ0) is 13.8. The van der Waals surface area contributed by atoms with Gasteiger partial charge in [-0.1, -0.05) is 29.8 Å². The third-order valence-corrected chi connectivity index (χ3v) is 2.79. The van der Waals surface area contributed by atoms with Crippen LogP contribution in [0.25, 0.3) is 0 Å². The van der Waals surface area contributed by atoms with E-state index < -0.39 is 0 Å². The second-order valence-corrected chi connectivity index (χ2v) is 4.48. The van der Waals surface area contributed by atoms with E-state index in [1.165, 1.54) is 12.1 Å². The van der Waals surface area contributed by atoms with E-state index in [1.807, 2.05) is 31.2 Å². The molecule has 0 saturated heterocycles. The maximum Gasteiger partial charge on any atom is 0.228 e. The van der Waals surface area contributed by atoms with Crippen LogP contribution in [0.3, 0.4) is 0 Å². The number of rotatable bonds is 3. The zero-order valence-corrected chi connectivity index (χ0v) is 10.7. The molecule has 2 aromatic carbocycles. The number of phenols is 1. The van der Waals surface area contributed by atoms with Gasteiger partial charge < -0.3 is 16.2 Å². The van der Waals surface area contributed by atoms with Crippen LogP contribution < -0.4 is 11.1 Å². The van der Waals surface area contributed by atoms with Gasteiger partial charge in [-0.25, -0.2) is 0 Å². The molecular weight excluding hydrogens is 240 g/mol. The van der Waals surface area contributed by atoms with Gasteiger partial charge in [0.2, 0.25) is 5.91 Å². The Bertz CT molecular complexity index is 592. The lowest BCUT2D eigenvalue weighted by Gasteiger charge is -2.08. The lowest BCUT2D eigenvalue weighted by atomic mass is 10.1. The molecule has 2 rings (SSSR count). The minimum atomic E-state index is -0.138. The van der Waals surface area contributed by atoms with Crippen LogP contribution in [-0.2, 0) is 11.2 Å². The van der Waals surface area contributed by atoms with Crippen LogP contribution in [-0.4, -0.2) is 11.0 Å². The number of nitrogens with one attached hydrogen (secondary N) is 1. The highest BCUT2D eigenvalue weighted by molar-refractivity contribution is 5.95. The van der Waals surface area contributed by atoms with E-state index >= 15 is 0 Å². The predicted octanol–water partition coefficient (Wildman–Crippen LogP) is 2.46. The van der Waals surface area contributed by atoms with Crippen LogP contribution in [0.1, 0.15) is 11.1 Å². The largest absolute Gasteiger partial charge is 0.508 e. The summed E-state index contributed by atoms with van der Waals surface area (Å²) < 4.78 is 0. The average Bonchev–Trinajstić information content (AvgIpc) is 2.36. The zero-order valence-electron chi connectivity index (χ0n) is 10.7. The van der Waals surface area contributed by atoms with Crippen molar-refractivity contribution in [3.63, 3.8) is 0 Å². The monoisotopic (exact) mass is 256 g/mol. The van der Waals surface area contributed by atoms with Gasteiger partial charge in [0.25, 0.3) is 0 Å². The first-order valence-corrected chi connectivity index (χ1v) is 5.98. The SMILES string of the molecule is Cc1ccc(CC(=O)Nc2ccc(O)cc2N)cc1. The van der Waals surface area contributed by atoms with Gasteiger partial charge in [-0.15, -0.1) is 0 Å². The second kappa shape index (κ2) is 5.44. The van der Waals surface area contributed by atoms with E-state index in [2.05, 4.69) is 5.32 Å². The quantitative estimate of drug-likeness (QED) is 0.583. The molecule has 2 aromatic rings. The first-order valence-electron chi connectivity index (χ1n) is 5.98. The van der Waals surface area contributed by atoms with Gasteiger partial charge in [0, 0.05) is 6.07 Å². The Morgan fingerprint density at radius 2 is 1.89 bits per heavy atom. The molecule has 0 atom stereocenters. The number of aryl methyl sites for hydroxylation is 1. The van der Waals surface area contributed by atoms with Gasteiger partial charge in [0.05, 0.1) is 17.8 Å². The molecule has 0 saturated carbocycles. The molecule has 0 aromatic heterocycles. The van der Waals surface area contributed by atoms with Crippen LogP contribution in [0.15, 0.2) is 42.5 Å². The number of aromatic hydroxyl groups is 1. The first-order chi connectivity index (χ1) is 9.04. The van der Waals surface area contributed by atoms with Crippen molar-refractivity contribution in [2.75, 3.05) is 11.1 Å². The van der Waals surface area contributed by atoms with E-state index in [9.17, 15) is 9.90 Å². The molecule has 4 heteroatoms. The topological polar surface area (TPSA) is 75.3 Å². The molecule has 0 radical (unpaired) electrons. The molecule has 1 amide bonds. The molecule has 4 nitrogen and oxygen atoms in total. The van der Waals surface area contributed by atoms with Crippen LogP contribution in [0.4, 0.5) is 11.4 Å². The lowest BCUT2D eigenvalue weighted by Crippen LogP contribution is -2.15. The van der Waals surface area contributed by atoms with Crippen LogP contribution >= 0.6 is 0 Å². The van der Waals surface area contributed by atoms with E-state index in [-0.39, 0.29) is 11.7 Å². The smallest absolute Gasteiger partial charge is 0.228 e. The van der Waals surface area contributed by atoms with E-state index in [0.717, 1.165) is 11.1 Å². The lowest BCUT2D eigenvalue weighted by molar-refractivity contribution is -0.115. The molecule has 19 heavy (non-hydrogen) atoms. The number of nitrogen functional groups attached to an aromatic ring is 1.